The molecular formula is C24H25FN2O6S. The molecule has 0 radical (unpaired) electrons. The summed E-state index contributed by atoms with van der Waals surface area (Å²) in [6, 6.07) is 9.23. The van der Waals surface area contributed by atoms with Gasteiger partial charge in [0, 0.05) is 24.5 Å². The van der Waals surface area contributed by atoms with Gasteiger partial charge in [-0.3, -0.25) is 9.59 Å². The molecule has 2 aromatic carbocycles. The van der Waals surface area contributed by atoms with Gasteiger partial charge in [-0.15, -0.1) is 0 Å². The number of nitrogens with one attached hydrogen (secondary N) is 1. The molecule has 1 aliphatic carbocycles. The van der Waals surface area contributed by atoms with Crippen molar-refractivity contribution < 1.29 is 31.6 Å². The largest absolute Gasteiger partial charge is 0.465 e. The van der Waals surface area contributed by atoms with E-state index < -0.39 is 29.2 Å². The number of carbonyl (C=O) groups is 2. The summed E-state index contributed by atoms with van der Waals surface area (Å²) in [5.74, 6) is -0.858. The molecule has 1 heterocycles. The van der Waals surface area contributed by atoms with Crippen molar-refractivity contribution >= 4 is 33.7 Å². The van der Waals surface area contributed by atoms with Crippen LogP contribution in [0.15, 0.2) is 40.8 Å². The molecule has 8 nitrogen and oxygen atoms in total. The zero-order chi connectivity index (χ0) is 24.4. The van der Waals surface area contributed by atoms with Gasteiger partial charge in [-0.1, -0.05) is 0 Å². The van der Waals surface area contributed by atoms with Crippen molar-refractivity contribution in [2.45, 2.75) is 32.2 Å². The topological polar surface area (TPSA) is 106 Å². The average Bonchev–Trinajstić information content (AvgIpc) is 3.59. The first-order chi connectivity index (χ1) is 16.3. The van der Waals surface area contributed by atoms with E-state index in [1.165, 1.54) is 31.3 Å². The summed E-state index contributed by atoms with van der Waals surface area (Å²) in [4.78, 5) is 24.7. The number of thiol groups is 1. The maximum atomic E-state index is 13.5. The fraction of sp³-hybridized carbons (Fsp3) is 0.333. The number of halogens is 1. The van der Waals surface area contributed by atoms with Crippen LogP contribution >= 0.6 is 0 Å². The number of hydrogen-bond acceptors (Lipinski definition) is 6. The van der Waals surface area contributed by atoms with E-state index in [0.29, 0.717) is 33.4 Å². The number of furan rings is 1. The van der Waals surface area contributed by atoms with Crippen molar-refractivity contribution in [3.05, 3.63) is 58.9 Å². The highest BCUT2D eigenvalue weighted by Gasteiger charge is 2.30. The van der Waals surface area contributed by atoms with Gasteiger partial charge in [0.1, 0.15) is 23.7 Å². The van der Waals surface area contributed by atoms with Crippen LogP contribution in [-0.4, -0.2) is 44.8 Å². The van der Waals surface area contributed by atoms with Crippen molar-refractivity contribution in [3.8, 4) is 11.3 Å². The zero-order valence-corrected chi connectivity index (χ0v) is 19.7. The van der Waals surface area contributed by atoms with E-state index in [4.69, 9.17) is 9.15 Å². The molecule has 1 aliphatic rings. The lowest BCUT2D eigenvalue weighted by atomic mass is 9.97. The minimum atomic E-state index is -3.04. The quantitative estimate of drug-likeness (QED) is 0.353. The Kier molecular flexibility index (Phi) is 6.99. The van der Waals surface area contributed by atoms with Gasteiger partial charge in [0.25, 0.3) is 5.91 Å². The summed E-state index contributed by atoms with van der Waals surface area (Å²) in [6.07, 6.45) is 1.88. The molecule has 1 N–H and O–H groups in total. The molecule has 1 saturated carbocycles. The third-order valence-electron chi connectivity index (χ3n) is 5.73. The van der Waals surface area contributed by atoms with E-state index in [0.717, 1.165) is 22.7 Å². The monoisotopic (exact) mass is 488 g/mol. The van der Waals surface area contributed by atoms with Gasteiger partial charge in [0.2, 0.25) is 10.9 Å². The van der Waals surface area contributed by atoms with Gasteiger partial charge in [0.15, 0.2) is 0 Å². The van der Waals surface area contributed by atoms with Crippen LogP contribution in [0.25, 0.3) is 22.3 Å². The molecule has 0 unspecified atom stereocenters. The molecule has 180 valence electrons. The lowest BCUT2D eigenvalue weighted by molar-refractivity contribution is -0.143. The number of amides is 1. The maximum absolute atomic E-state index is 13.5. The third kappa shape index (κ3) is 4.97. The summed E-state index contributed by atoms with van der Waals surface area (Å²) in [5.41, 5.74) is 2.87. The van der Waals surface area contributed by atoms with Crippen LogP contribution in [-0.2, 0) is 27.0 Å². The second kappa shape index (κ2) is 9.94. The summed E-state index contributed by atoms with van der Waals surface area (Å²) in [7, 11) is -1.52. The Bertz CT molecular complexity index is 1300. The molecule has 0 aliphatic heterocycles. The Hall–Kier alpha value is -3.24. The summed E-state index contributed by atoms with van der Waals surface area (Å²) in [5, 5.41) is 3.22. The Morgan fingerprint density at radius 1 is 1.21 bits per heavy atom. The predicted octanol–water partition coefficient (Wildman–Crippen LogP) is 3.37. The van der Waals surface area contributed by atoms with Crippen LogP contribution in [0.2, 0.25) is 0 Å². The Morgan fingerprint density at radius 2 is 1.91 bits per heavy atom. The van der Waals surface area contributed by atoms with Crippen LogP contribution in [0.1, 0.15) is 47.2 Å². The minimum absolute atomic E-state index is 0.0266. The van der Waals surface area contributed by atoms with Crippen LogP contribution in [0.3, 0.4) is 0 Å². The van der Waals surface area contributed by atoms with Gasteiger partial charge >= 0.3 is 5.97 Å². The van der Waals surface area contributed by atoms with Crippen LogP contribution < -0.4 is 5.32 Å². The van der Waals surface area contributed by atoms with E-state index in [1.807, 2.05) is 6.07 Å². The molecule has 1 amide bonds. The molecule has 4 rings (SSSR count). The number of esters is 1. The SMILES string of the molecule is CCOC(=O)CN(Cc1cc2oc(-c3ccc(F)cc3)c(C(=O)NC)c2cc1C1CC1)[SH](=O)=O. The van der Waals surface area contributed by atoms with Crippen LogP contribution in [0, 0.1) is 5.82 Å². The Labute approximate surface area is 197 Å². The first-order valence-corrected chi connectivity index (χ1v) is 12.1. The van der Waals surface area contributed by atoms with Gasteiger partial charge in [0.05, 0.1) is 12.2 Å². The van der Waals surface area contributed by atoms with E-state index in [2.05, 4.69) is 5.32 Å². The summed E-state index contributed by atoms with van der Waals surface area (Å²) in [6.45, 7) is 1.39. The number of hydrogen-bond donors (Lipinski definition) is 2. The number of ether oxygens (including phenoxy) is 1. The lowest BCUT2D eigenvalue weighted by Gasteiger charge is -2.17. The smallest absolute Gasteiger partial charge is 0.321 e. The first-order valence-electron chi connectivity index (χ1n) is 10.9. The molecule has 34 heavy (non-hydrogen) atoms. The van der Waals surface area contributed by atoms with Gasteiger partial charge in [-0.05, 0) is 73.2 Å². The van der Waals surface area contributed by atoms with Gasteiger partial charge in [-0.25, -0.2) is 12.8 Å². The number of rotatable bonds is 9. The van der Waals surface area contributed by atoms with Crippen molar-refractivity contribution in [1.82, 2.24) is 9.62 Å². The Morgan fingerprint density at radius 3 is 2.50 bits per heavy atom. The number of nitrogens with zero attached hydrogens (tertiary/aromatic N) is 1. The lowest BCUT2D eigenvalue weighted by Crippen LogP contribution is -2.29. The first kappa shape index (κ1) is 23.9. The molecule has 1 aromatic heterocycles. The molecule has 0 saturated heterocycles. The average molecular weight is 489 g/mol. The highest BCUT2D eigenvalue weighted by atomic mass is 32.2. The zero-order valence-electron chi connectivity index (χ0n) is 18.8. The van der Waals surface area contributed by atoms with Crippen molar-refractivity contribution in [2.24, 2.45) is 0 Å². The van der Waals surface area contributed by atoms with E-state index in [1.54, 1.807) is 13.0 Å². The molecule has 0 bridgehead atoms. The number of carbonyl (C=O) groups excluding carboxylic acids is 2. The minimum Gasteiger partial charge on any atom is -0.465 e. The molecule has 10 heteroatoms. The van der Waals surface area contributed by atoms with Crippen molar-refractivity contribution in [2.75, 3.05) is 20.2 Å². The fourth-order valence-corrected chi connectivity index (χ4v) is 4.49. The fourth-order valence-electron chi connectivity index (χ4n) is 3.99. The van der Waals surface area contributed by atoms with Crippen LogP contribution in [0.4, 0.5) is 4.39 Å². The number of fused-ring (bicyclic) bond motifs is 1. The highest BCUT2D eigenvalue weighted by molar-refractivity contribution is 7.69. The third-order valence-corrected chi connectivity index (χ3v) is 6.47. The highest BCUT2D eigenvalue weighted by Crippen LogP contribution is 2.45. The maximum Gasteiger partial charge on any atom is 0.321 e. The van der Waals surface area contributed by atoms with Gasteiger partial charge in [-0.2, -0.15) is 4.31 Å². The molecular weight excluding hydrogens is 463 g/mol. The van der Waals surface area contributed by atoms with Crippen molar-refractivity contribution in [3.63, 3.8) is 0 Å². The summed E-state index contributed by atoms with van der Waals surface area (Å²) >= 11 is 0. The van der Waals surface area contributed by atoms with E-state index in [-0.39, 0.29) is 25.0 Å². The van der Waals surface area contributed by atoms with E-state index >= 15 is 0 Å². The molecule has 1 fully saturated rings. The summed E-state index contributed by atoms with van der Waals surface area (Å²) < 4.78 is 49.2. The van der Waals surface area contributed by atoms with Crippen LogP contribution in [0.5, 0.6) is 0 Å². The second-order valence-corrected chi connectivity index (χ2v) is 9.12. The molecule has 0 atom stereocenters. The predicted molar refractivity (Wildman–Crippen MR) is 124 cm³/mol. The standard InChI is InChI=1S/C24H25FN2O6S/c1-3-32-21(28)13-27(34(30)31)12-16-10-20-19(11-18(16)14-4-5-14)22(24(29)26-2)23(33-20)15-6-8-17(25)9-7-15/h6-11,14,34H,3-5,12-13H2,1-2H3,(H,26,29). The number of benzene rings is 2. The second-order valence-electron chi connectivity index (χ2n) is 8.08. The Balaban J connectivity index is 1.82. The molecule has 3 aromatic rings. The molecule has 0 spiro atoms. The van der Waals surface area contributed by atoms with E-state index in [9.17, 15) is 22.4 Å². The normalized spacial score (nSPS) is 13.6. The van der Waals surface area contributed by atoms with Crippen molar-refractivity contribution in [1.29, 1.82) is 0 Å². The van der Waals surface area contributed by atoms with Gasteiger partial charge < -0.3 is 14.5 Å².